The molecule has 0 aromatic heterocycles. The van der Waals surface area contributed by atoms with Crippen molar-refractivity contribution in [3.05, 3.63) is 12.7 Å². The molecule has 0 fully saturated rings. The predicted molar refractivity (Wildman–Crippen MR) is 48.4 cm³/mol. The lowest BCUT2D eigenvalue weighted by molar-refractivity contribution is 0.594. The number of thiol groups is 1. The highest BCUT2D eigenvalue weighted by Gasteiger charge is 2.04. The number of unbranched alkanes of at least 4 members (excludes halogenated alkanes) is 2. The molecule has 0 aromatic carbocycles. The van der Waals surface area contributed by atoms with Crippen LogP contribution in [0.25, 0.3) is 0 Å². The van der Waals surface area contributed by atoms with Gasteiger partial charge in [-0.2, -0.15) is 0 Å². The van der Waals surface area contributed by atoms with Gasteiger partial charge in [0, 0.05) is 0 Å². The second-order valence-corrected chi connectivity index (χ2v) is 3.82. The lowest BCUT2D eigenvalue weighted by atomic mass is 10.1. The molecule has 0 aromatic rings. The van der Waals surface area contributed by atoms with Gasteiger partial charge in [-0.05, 0) is 6.42 Å². The first-order valence-corrected chi connectivity index (χ1v) is 5.23. The summed E-state index contributed by atoms with van der Waals surface area (Å²) in [6.45, 7) is 5.57. The topological polar surface area (TPSA) is 34.1 Å². The molecular formula is C8H16O2S. The first-order chi connectivity index (χ1) is 5.22. The Labute approximate surface area is 70.3 Å². The van der Waals surface area contributed by atoms with E-state index in [1.807, 2.05) is 0 Å². The van der Waals surface area contributed by atoms with Gasteiger partial charge in [0.1, 0.15) is 10.7 Å². The lowest BCUT2D eigenvalue weighted by Crippen LogP contribution is -2.04. The highest BCUT2D eigenvalue weighted by atomic mass is 32.2. The Morgan fingerprint density at radius 1 is 1.45 bits per heavy atom. The Morgan fingerprint density at radius 3 is 2.45 bits per heavy atom. The number of hydrogen-bond acceptors (Lipinski definition) is 2. The maximum atomic E-state index is 10.5. The summed E-state index contributed by atoms with van der Waals surface area (Å²) in [4.78, 5) is 0. The molecule has 1 atom stereocenters. The van der Waals surface area contributed by atoms with Crippen LogP contribution >= 0.6 is 0 Å². The highest BCUT2D eigenvalue weighted by Crippen LogP contribution is 2.06. The molecule has 0 saturated heterocycles. The largest absolute Gasteiger partial charge is 0.231 e. The molecule has 0 heterocycles. The van der Waals surface area contributed by atoms with Gasteiger partial charge in [-0.3, -0.25) is 0 Å². The molecule has 0 N–H and O–H groups in total. The molecule has 1 unspecified atom stereocenters. The second-order valence-electron chi connectivity index (χ2n) is 2.58. The quantitative estimate of drug-likeness (QED) is 0.380. The van der Waals surface area contributed by atoms with Gasteiger partial charge in [-0.1, -0.05) is 32.3 Å². The average Bonchev–Trinajstić information content (AvgIpc) is 1.97. The van der Waals surface area contributed by atoms with Crippen LogP contribution in [-0.4, -0.2) is 13.7 Å². The van der Waals surface area contributed by atoms with E-state index in [1.54, 1.807) is 0 Å². The Balaban J connectivity index is 3.61. The Hall–Kier alpha value is -0.310. The summed E-state index contributed by atoms with van der Waals surface area (Å²) in [5.41, 5.74) is 0. The van der Waals surface area contributed by atoms with Crippen LogP contribution in [0.4, 0.5) is 0 Å². The van der Waals surface area contributed by atoms with E-state index in [0.29, 0.717) is 0 Å². The standard InChI is InChI=1S/C8H16O2S/c1-3-5-6-7-8(4-2)11(9)10/h4,8,11H,2-3,5-7H2,1H3. The van der Waals surface area contributed by atoms with Gasteiger partial charge >= 0.3 is 0 Å². The zero-order valence-corrected chi connectivity index (χ0v) is 7.85. The molecule has 66 valence electrons. The van der Waals surface area contributed by atoms with Crippen molar-refractivity contribution in [2.24, 2.45) is 0 Å². The fourth-order valence-corrected chi connectivity index (χ4v) is 1.48. The molecule has 3 heteroatoms. The molecule has 0 saturated carbocycles. The normalized spacial score (nSPS) is 13.3. The molecule has 0 radical (unpaired) electrons. The zero-order chi connectivity index (χ0) is 8.69. The van der Waals surface area contributed by atoms with Gasteiger partial charge < -0.3 is 0 Å². The van der Waals surface area contributed by atoms with E-state index in [1.165, 1.54) is 6.08 Å². The van der Waals surface area contributed by atoms with Crippen LogP contribution in [0.3, 0.4) is 0 Å². The van der Waals surface area contributed by atoms with E-state index in [9.17, 15) is 8.42 Å². The van der Waals surface area contributed by atoms with Gasteiger partial charge in [0.2, 0.25) is 0 Å². The summed E-state index contributed by atoms with van der Waals surface area (Å²) in [6, 6.07) is 0. The molecule has 0 aliphatic carbocycles. The molecule has 0 rings (SSSR count). The highest BCUT2D eigenvalue weighted by molar-refractivity contribution is 7.73. The summed E-state index contributed by atoms with van der Waals surface area (Å²) in [5.74, 6) is 0. The summed E-state index contributed by atoms with van der Waals surface area (Å²) in [5, 5.41) is -0.309. The maximum Gasteiger partial charge on any atom is 0.146 e. The Bertz CT molecular complexity index is 165. The van der Waals surface area contributed by atoms with Gasteiger partial charge in [-0.15, -0.1) is 6.58 Å². The van der Waals surface area contributed by atoms with Crippen molar-refractivity contribution in [3.8, 4) is 0 Å². The second kappa shape index (κ2) is 6.40. The van der Waals surface area contributed by atoms with Crippen molar-refractivity contribution in [1.82, 2.24) is 0 Å². The lowest BCUT2D eigenvalue weighted by Gasteiger charge is -2.02. The fourth-order valence-electron chi connectivity index (χ4n) is 0.913. The van der Waals surface area contributed by atoms with Crippen molar-refractivity contribution < 1.29 is 8.42 Å². The van der Waals surface area contributed by atoms with Crippen molar-refractivity contribution in [3.63, 3.8) is 0 Å². The third-order valence-electron chi connectivity index (χ3n) is 1.65. The van der Waals surface area contributed by atoms with Gasteiger partial charge in [0.25, 0.3) is 0 Å². The minimum atomic E-state index is -2.30. The Morgan fingerprint density at radius 2 is 2.09 bits per heavy atom. The molecule has 0 aliphatic heterocycles. The van der Waals surface area contributed by atoms with Crippen LogP contribution in [0.2, 0.25) is 0 Å². The van der Waals surface area contributed by atoms with Gasteiger partial charge in [-0.25, -0.2) is 8.42 Å². The van der Waals surface area contributed by atoms with Crippen LogP contribution in [0, 0.1) is 0 Å². The van der Waals surface area contributed by atoms with Gasteiger partial charge in [0.15, 0.2) is 0 Å². The predicted octanol–water partition coefficient (Wildman–Crippen LogP) is 1.73. The van der Waals surface area contributed by atoms with E-state index in [4.69, 9.17) is 0 Å². The van der Waals surface area contributed by atoms with Crippen molar-refractivity contribution in [1.29, 1.82) is 0 Å². The van der Waals surface area contributed by atoms with E-state index in [2.05, 4.69) is 13.5 Å². The van der Waals surface area contributed by atoms with E-state index >= 15 is 0 Å². The third kappa shape index (κ3) is 5.01. The van der Waals surface area contributed by atoms with Gasteiger partial charge in [0.05, 0.1) is 5.25 Å². The van der Waals surface area contributed by atoms with E-state index in [0.717, 1.165) is 25.7 Å². The Kier molecular flexibility index (Phi) is 6.22. The zero-order valence-electron chi connectivity index (χ0n) is 6.95. The average molecular weight is 176 g/mol. The number of rotatable bonds is 6. The van der Waals surface area contributed by atoms with Crippen molar-refractivity contribution in [2.45, 2.75) is 37.9 Å². The molecule has 0 bridgehead atoms. The minimum Gasteiger partial charge on any atom is -0.231 e. The monoisotopic (exact) mass is 176 g/mol. The summed E-state index contributed by atoms with van der Waals surface area (Å²) in [6.07, 6.45) is 5.46. The molecule has 0 amide bonds. The van der Waals surface area contributed by atoms with Crippen LogP contribution in [-0.2, 0) is 10.7 Å². The van der Waals surface area contributed by atoms with Crippen molar-refractivity contribution >= 4 is 10.7 Å². The molecule has 0 spiro atoms. The summed E-state index contributed by atoms with van der Waals surface area (Å²) in [7, 11) is -2.30. The SMILES string of the molecule is C=CC(CCCCC)[SH](=O)=O. The molecule has 11 heavy (non-hydrogen) atoms. The van der Waals surface area contributed by atoms with E-state index < -0.39 is 10.7 Å². The van der Waals surface area contributed by atoms with Crippen LogP contribution < -0.4 is 0 Å². The molecular weight excluding hydrogens is 160 g/mol. The number of hydrogen-bond donors (Lipinski definition) is 1. The first kappa shape index (κ1) is 10.7. The summed E-state index contributed by atoms with van der Waals surface area (Å²) >= 11 is 0. The third-order valence-corrected chi connectivity index (χ3v) is 2.66. The van der Waals surface area contributed by atoms with Crippen LogP contribution in [0.15, 0.2) is 12.7 Å². The smallest absolute Gasteiger partial charge is 0.146 e. The fraction of sp³-hybridized carbons (Fsp3) is 0.750. The summed E-state index contributed by atoms with van der Waals surface area (Å²) < 4.78 is 21.0. The van der Waals surface area contributed by atoms with E-state index in [-0.39, 0.29) is 5.25 Å². The van der Waals surface area contributed by atoms with Crippen LogP contribution in [0.5, 0.6) is 0 Å². The molecule has 0 aliphatic rings. The van der Waals surface area contributed by atoms with Crippen molar-refractivity contribution in [2.75, 3.05) is 0 Å². The maximum absolute atomic E-state index is 10.5. The van der Waals surface area contributed by atoms with Crippen LogP contribution in [0.1, 0.15) is 32.6 Å². The first-order valence-electron chi connectivity index (χ1n) is 3.98. The minimum absolute atomic E-state index is 0.309. The molecule has 2 nitrogen and oxygen atoms in total.